The maximum absolute atomic E-state index is 12.3. The minimum Gasteiger partial charge on any atom is -0.475 e. The fourth-order valence-corrected chi connectivity index (χ4v) is 3.29. The molecule has 0 radical (unpaired) electrons. The number of carboxylic acids is 1. The molecule has 2 amide bonds. The molecule has 4 N–H and O–H groups in total. The number of fused-ring (bicyclic) bond motifs is 2. The van der Waals surface area contributed by atoms with E-state index in [-0.39, 0.29) is 11.8 Å². The first-order chi connectivity index (χ1) is 16.1. The molecule has 0 aliphatic carbocycles. The molecule has 0 bridgehead atoms. The highest BCUT2D eigenvalue weighted by Crippen LogP contribution is 2.29. The SMILES string of the molecule is COCCNC(=O)c1ccc2cccc(-c3cc4c([nH]3)CCNC4=O)c2n1.O=C(O)C(F)(F)F. The van der Waals surface area contributed by atoms with Crippen LogP contribution in [0.3, 0.4) is 0 Å². The number of hydrogen-bond donors (Lipinski definition) is 4. The van der Waals surface area contributed by atoms with Crippen LogP contribution in [0.15, 0.2) is 36.4 Å². The molecule has 3 heterocycles. The Labute approximate surface area is 191 Å². The van der Waals surface area contributed by atoms with E-state index >= 15 is 0 Å². The normalized spacial score (nSPS) is 12.9. The number of alkyl halides is 3. The predicted molar refractivity (Wildman–Crippen MR) is 115 cm³/mol. The van der Waals surface area contributed by atoms with Gasteiger partial charge in [0.25, 0.3) is 11.8 Å². The Hall–Kier alpha value is -3.93. The molecule has 9 nitrogen and oxygen atoms in total. The van der Waals surface area contributed by atoms with Gasteiger partial charge in [0.15, 0.2) is 0 Å². The van der Waals surface area contributed by atoms with E-state index in [0.29, 0.717) is 31.0 Å². The van der Waals surface area contributed by atoms with Crippen molar-refractivity contribution in [2.24, 2.45) is 0 Å². The van der Waals surface area contributed by atoms with Gasteiger partial charge in [-0.2, -0.15) is 13.2 Å². The lowest BCUT2D eigenvalue weighted by Crippen LogP contribution is -2.31. The van der Waals surface area contributed by atoms with Crippen molar-refractivity contribution in [1.29, 1.82) is 0 Å². The number of aromatic nitrogens is 2. The lowest BCUT2D eigenvalue weighted by atomic mass is 10.1. The highest BCUT2D eigenvalue weighted by molar-refractivity contribution is 6.01. The number of hydrogen-bond acceptors (Lipinski definition) is 5. The maximum atomic E-state index is 12.3. The van der Waals surface area contributed by atoms with E-state index in [1.54, 1.807) is 13.2 Å². The standard InChI is InChI=1S/C20H20N4O3.C2HF3O2/c1-27-10-9-22-20(26)16-6-5-12-3-2-4-13(18(12)24-16)17-11-14-15(23-17)7-8-21-19(14)25;3-2(4,5)1(6)7/h2-6,11,23H,7-10H2,1H3,(H,21,25)(H,22,26);(H,6,7). The Kier molecular flexibility index (Phi) is 7.51. The highest BCUT2D eigenvalue weighted by Gasteiger charge is 2.38. The molecule has 12 heteroatoms. The molecule has 1 aliphatic heterocycles. The van der Waals surface area contributed by atoms with Gasteiger partial charge in [-0.25, -0.2) is 9.78 Å². The van der Waals surface area contributed by atoms with Crippen LogP contribution in [0, 0.1) is 0 Å². The van der Waals surface area contributed by atoms with Crippen LogP contribution in [-0.2, 0) is 16.0 Å². The van der Waals surface area contributed by atoms with E-state index in [9.17, 15) is 22.8 Å². The predicted octanol–water partition coefficient (Wildman–Crippen LogP) is 2.53. The highest BCUT2D eigenvalue weighted by atomic mass is 19.4. The number of halogens is 3. The van der Waals surface area contributed by atoms with Crippen molar-refractivity contribution in [3.8, 4) is 11.3 Å². The van der Waals surface area contributed by atoms with Gasteiger partial charge in [0.1, 0.15) is 5.69 Å². The largest absolute Gasteiger partial charge is 0.490 e. The molecule has 0 atom stereocenters. The number of rotatable bonds is 5. The van der Waals surface area contributed by atoms with Gasteiger partial charge >= 0.3 is 12.1 Å². The second-order valence-corrected chi connectivity index (χ2v) is 7.21. The van der Waals surface area contributed by atoms with Crippen molar-refractivity contribution < 1.29 is 37.4 Å². The van der Waals surface area contributed by atoms with Crippen LogP contribution in [0.5, 0.6) is 0 Å². The maximum Gasteiger partial charge on any atom is 0.490 e. The third kappa shape index (κ3) is 5.70. The molecular formula is C22H21F3N4O5. The number of benzene rings is 1. The number of para-hydroxylation sites is 1. The first kappa shape index (κ1) is 24.7. The fraction of sp³-hybridized carbons (Fsp3) is 0.273. The molecule has 34 heavy (non-hydrogen) atoms. The summed E-state index contributed by atoms with van der Waals surface area (Å²) in [6, 6.07) is 11.3. The van der Waals surface area contributed by atoms with Gasteiger partial charge in [0.05, 0.1) is 17.7 Å². The van der Waals surface area contributed by atoms with Crippen LogP contribution in [0.4, 0.5) is 13.2 Å². The number of H-pyrrole nitrogens is 1. The molecule has 3 aromatic rings. The van der Waals surface area contributed by atoms with Gasteiger partial charge in [-0.3, -0.25) is 9.59 Å². The lowest BCUT2D eigenvalue weighted by molar-refractivity contribution is -0.192. The summed E-state index contributed by atoms with van der Waals surface area (Å²) >= 11 is 0. The minimum absolute atomic E-state index is 0.0647. The zero-order chi connectivity index (χ0) is 24.9. The Morgan fingerprint density at radius 2 is 1.94 bits per heavy atom. The van der Waals surface area contributed by atoms with Crippen LogP contribution >= 0.6 is 0 Å². The monoisotopic (exact) mass is 478 g/mol. The Balaban J connectivity index is 0.000000406. The first-order valence-electron chi connectivity index (χ1n) is 10.1. The van der Waals surface area contributed by atoms with Gasteiger partial charge < -0.3 is 25.5 Å². The van der Waals surface area contributed by atoms with E-state index in [0.717, 1.165) is 34.3 Å². The third-order valence-corrected chi connectivity index (χ3v) is 4.88. The van der Waals surface area contributed by atoms with Crippen molar-refractivity contribution in [3.63, 3.8) is 0 Å². The summed E-state index contributed by atoms with van der Waals surface area (Å²) in [7, 11) is 1.59. The number of carbonyl (C=O) groups is 3. The Morgan fingerprint density at radius 1 is 1.21 bits per heavy atom. The van der Waals surface area contributed by atoms with Crippen LogP contribution in [0.1, 0.15) is 26.5 Å². The van der Waals surface area contributed by atoms with Crippen LogP contribution in [-0.4, -0.2) is 65.8 Å². The van der Waals surface area contributed by atoms with Crippen LogP contribution in [0.2, 0.25) is 0 Å². The van der Waals surface area contributed by atoms with Crippen molar-refractivity contribution in [2.45, 2.75) is 12.6 Å². The molecule has 1 aromatic carbocycles. The van der Waals surface area contributed by atoms with Gasteiger partial charge in [-0.15, -0.1) is 0 Å². The number of nitrogens with one attached hydrogen (secondary N) is 3. The van der Waals surface area contributed by atoms with Crippen molar-refractivity contribution in [3.05, 3.63) is 53.3 Å². The van der Waals surface area contributed by atoms with E-state index in [2.05, 4.69) is 20.6 Å². The number of amides is 2. The van der Waals surface area contributed by atoms with Crippen LogP contribution < -0.4 is 10.6 Å². The third-order valence-electron chi connectivity index (χ3n) is 4.88. The Morgan fingerprint density at radius 3 is 2.59 bits per heavy atom. The first-order valence-corrected chi connectivity index (χ1v) is 10.1. The van der Waals surface area contributed by atoms with Crippen molar-refractivity contribution >= 4 is 28.7 Å². The second kappa shape index (κ2) is 10.3. The van der Waals surface area contributed by atoms with E-state index in [4.69, 9.17) is 14.6 Å². The number of pyridine rings is 1. The zero-order valence-electron chi connectivity index (χ0n) is 18.0. The minimum atomic E-state index is -5.08. The number of aliphatic carboxylic acids is 1. The van der Waals surface area contributed by atoms with Gasteiger partial charge in [0, 0.05) is 49.0 Å². The fourth-order valence-electron chi connectivity index (χ4n) is 3.29. The van der Waals surface area contributed by atoms with E-state index < -0.39 is 12.1 Å². The number of carboxylic acid groups (broad SMARTS) is 1. The summed E-state index contributed by atoms with van der Waals surface area (Å²) in [5.74, 6) is -3.06. The molecule has 0 fully saturated rings. The smallest absolute Gasteiger partial charge is 0.475 e. The number of aromatic amines is 1. The number of nitrogens with zero attached hydrogens (tertiary/aromatic N) is 1. The number of ether oxygens (including phenoxy) is 1. The summed E-state index contributed by atoms with van der Waals surface area (Å²) in [4.78, 5) is 41.2. The second-order valence-electron chi connectivity index (χ2n) is 7.21. The molecule has 180 valence electrons. The zero-order valence-corrected chi connectivity index (χ0v) is 18.0. The average Bonchev–Trinajstić information content (AvgIpc) is 3.24. The summed E-state index contributed by atoms with van der Waals surface area (Å²) in [6.07, 6.45) is -4.31. The summed E-state index contributed by atoms with van der Waals surface area (Å²) in [6.45, 7) is 1.50. The van der Waals surface area contributed by atoms with E-state index in [1.807, 2.05) is 30.3 Å². The van der Waals surface area contributed by atoms with Gasteiger partial charge in [-0.05, 0) is 12.1 Å². The van der Waals surface area contributed by atoms with E-state index in [1.165, 1.54) is 0 Å². The summed E-state index contributed by atoms with van der Waals surface area (Å²) < 4.78 is 36.7. The molecule has 1 aliphatic rings. The number of carbonyl (C=O) groups excluding carboxylic acids is 2. The van der Waals surface area contributed by atoms with Crippen LogP contribution in [0.25, 0.3) is 22.2 Å². The molecule has 4 rings (SSSR count). The van der Waals surface area contributed by atoms with Gasteiger partial charge in [-0.1, -0.05) is 24.3 Å². The summed E-state index contributed by atoms with van der Waals surface area (Å²) in [5, 5.41) is 13.7. The molecule has 0 unspecified atom stereocenters. The molecule has 0 spiro atoms. The average molecular weight is 478 g/mol. The van der Waals surface area contributed by atoms with Crippen molar-refractivity contribution in [1.82, 2.24) is 20.6 Å². The lowest BCUT2D eigenvalue weighted by Gasteiger charge is -2.11. The Bertz CT molecular complexity index is 1220. The number of methoxy groups -OCH3 is 1. The quantitative estimate of drug-likeness (QED) is 0.417. The summed E-state index contributed by atoms with van der Waals surface area (Å²) in [5.41, 5.74) is 4.35. The molecule has 2 aromatic heterocycles. The molecular weight excluding hydrogens is 457 g/mol. The van der Waals surface area contributed by atoms with Crippen molar-refractivity contribution in [2.75, 3.05) is 26.8 Å². The molecule has 0 saturated heterocycles. The van der Waals surface area contributed by atoms with Gasteiger partial charge in [0.2, 0.25) is 0 Å². The topological polar surface area (TPSA) is 133 Å². The molecule has 0 saturated carbocycles.